The van der Waals surface area contributed by atoms with Gasteiger partial charge in [-0.05, 0) is 88.2 Å². The SMILES string of the molecule is CCc1ccc2c(CC(C)(C)C)c3c(c(C)c2c1)-c1c2c(cc4c(C5CCCC5)cccc4c2cc[n+]1C)O3. The van der Waals surface area contributed by atoms with E-state index in [1.165, 1.54) is 91.5 Å². The van der Waals surface area contributed by atoms with Crippen LogP contribution in [0, 0.1) is 12.3 Å². The molecule has 1 aliphatic heterocycles. The first-order chi connectivity index (χ1) is 18.7. The molecule has 5 aromatic rings. The van der Waals surface area contributed by atoms with Crippen LogP contribution >= 0.6 is 0 Å². The zero-order valence-corrected chi connectivity index (χ0v) is 24.4. The Morgan fingerprint density at radius 3 is 2.44 bits per heavy atom. The average Bonchev–Trinajstić information content (AvgIpc) is 3.46. The van der Waals surface area contributed by atoms with Crippen LogP contribution in [-0.4, -0.2) is 0 Å². The normalized spacial score (nSPS) is 15.3. The lowest BCUT2D eigenvalue weighted by Crippen LogP contribution is -2.32. The summed E-state index contributed by atoms with van der Waals surface area (Å²) in [6.07, 6.45) is 9.54. The predicted molar refractivity (Wildman–Crippen MR) is 164 cm³/mol. The van der Waals surface area contributed by atoms with E-state index in [0.717, 1.165) is 24.3 Å². The molecule has 0 spiro atoms. The number of nitrogens with zero attached hydrogens (tertiary/aromatic N) is 1. The quantitative estimate of drug-likeness (QED) is 0.169. The van der Waals surface area contributed by atoms with Crippen LogP contribution in [0.3, 0.4) is 0 Å². The van der Waals surface area contributed by atoms with Gasteiger partial charge in [-0.25, -0.2) is 4.57 Å². The maximum Gasteiger partial charge on any atom is 0.228 e. The molecule has 0 radical (unpaired) electrons. The molecule has 0 N–H and O–H groups in total. The van der Waals surface area contributed by atoms with E-state index in [1.807, 2.05) is 0 Å². The summed E-state index contributed by atoms with van der Waals surface area (Å²) < 4.78 is 9.46. The van der Waals surface area contributed by atoms with Crippen molar-refractivity contribution in [1.29, 1.82) is 0 Å². The lowest BCUT2D eigenvalue weighted by molar-refractivity contribution is -0.659. The largest absolute Gasteiger partial charge is 0.455 e. The van der Waals surface area contributed by atoms with Crippen molar-refractivity contribution < 1.29 is 9.30 Å². The van der Waals surface area contributed by atoms with Crippen LogP contribution in [0.1, 0.15) is 81.5 Å². The van der Waals surface area contributed by atoms with E-state index in [1.54, 1.807) is 0 Å². The number of rotatable bonds is 3. The Hall–Kier alpha value is -3.39. The van der Waals surface area contributed by atoms with Gasteiger partial charge in [-0.1, -0.05) is 76.9 Å². The van der Waals surface area contributed by atoms with E-state index in [-0.39, 0.29) is 5.41 Å². The van der Waals surface area contributed by atoms with Gasteiger partial charge in [0.15, 0.2) is 6.20 Å². The topological polar surface area (TPSA) is 13.1 Å². The van der Waals surface area contributed by atoms with Crippen LogP contribution < -0.4 is 9.30 Å². The molecule has 0 amide bonds. The molecule has 0 atom stereocenters. The van der Waals surface area contributed by atoms with Gasteiger partial charge in [0.1, 0.15) is 18.5 Å². The van der Waals surface area contributed by atoms with Gasteiger partial charge in [0, 0.05) is 17.0 Å². The minimum absolute atomic E-state index is 0.135. The molecule has 7 rings (SSSR count). The van der Waals surface area contributed by atoms with Crippen LogP contribution in [0.25, 0.3) is 43.6 Å². The Balaban J connectivity index is 1.61. The maximum atomic E-state index is 7.14. The van der Waals surface area contributed by atoms with Gasteiger partial charge in [0.25, 0.3) is 0 Å². The van der Waals surface area contributed by atoms with Gasteiger partial charge in [-0.3, -0.25) is 0 Å². The fourth-order valence-corrected chi connectivity index (χ4v) is 7.46. The Labute approximate surface area is 232 Å². The number of hydrogen-bond donors (Lipinski definition) is 0. The van der Waals surface area contributed by atoms with E-state index >= 15 is 0 Å². The number of fused-ring (bicyclic) bond motifs is 5. The van der Waals surface area contributed by atoms with E-state index in [2.05, 4.69) is 101 Å². The molecule has 1 aliphatic carbocycles. The third-order valence-electron chi connectivity index (χ3n) is 9.32. The number of benzene rings is 4. The Morgan fingerprint density at radius 2 is 1.69 bits per heavy atom. The molecular weight excluding hydrogens is 474 g/mol. The fraction of sp³-hybridized carbons (Fsp3) is 0.378. The highest BCUT2D eigenvalue weighted by molar-refractivity contribution is 6.17. The summed E-state index contributed by atoms with van der Waals surface area (Å²) in [5, 5.41) is 7.98. The zero-order valence-electron chi connectivity index (χ0n) is 24.4. The lowest BCUT2D eigenvalue weighted by Gasteiger charge is -2.28. The van der Waals surface area contributed by atoms with Gasteiger partial charge in [-0.2, -0.15) is 0 Å². The van der Waals surface area contributed by atoms with Crippen molar-refractivity contribution in [2.24, 2.45) is 12.5 Å². The molecule has 0 unspecified atom stereocenters. The molecule has 0 saturated heterocycles. The third-order valence-corrected chi connectivity index (χ3v) is 9.32. The van der Waals surface area contributed by atoms with Gasteiger partial charge in [0.2, 0.25) is 5.69 Å². The second-order valence-electron chi connectivity index (χ2n) is 13.2. The van der Waals surface area contributed by atoms with Crippen molar-refractivity contribution in [1.82, 2.24) is 0 Å². The van der Waals surface area contributed by atoms with Crippen molar-refractivity contribution >= 4 is 32.3 Å². The molecule has 1 aromatic heterocycles. The highest BCUT2D eigenvalue weighted by Gasteiger charge is 2.35. The molecule has 2 heterocycles. The summed E-state index contributed by atoms with van der Waals surface area (Å²) in [6.45, 7) is 11.6. The first-order valence-electron chi connectivity index (χ1n) is 14.9. The van der Waals surface area contributed by atoms with E-state index in [9.17, 15) is 0 Å². The van der Waals surface area contributed by atoms with Crippen LogP contribution in [0.15, 0.2) is 54.7 Å². The second kappa shape index (κ2) is 8.81. The van der Waals surface area contributed by atoms with E-state index in [4.69, 9.17) is 4.74 Å². The van der Waals surface area contributed by atoms with Crippen molar-refractivity contribution in [3.8, 4) is 22.8 Å². The minimum atomic E-state index is 0.135. The molecular formula is C37H40NO+. The number of hydrogen-bond acceptors (Lipinski definition) is 1. The molecule has 4 aromatic carbocycles. The van der Waals surface area contributed by atoms with E-state index < -0.39 is 0 Å². The number of aromatic nitrogens is 1. The van der Waals surface area contributed by atoms with Gasteiger partial charge in [-0.15, -0.1) is 0 Å². The summed E-state index contributed by atoms with van der Waals surface area (Å²) in [7, 11) is 2.20. The summed E-state index contributed by atoms with van der Waals surface area (Å²) in [5.41, 5.74) is 8.24. The number of ether oxygens (including phenoxy) is 1. The molecule has 198 valence electrons. The highest BCUT2D eigenvalue weighted by atomic mass is 16.5. The Bertz CT molecular complexity index is 1800. The van der Waals surface area contributed by atoms with Gasteiger partial charge in [0.05, 0.1) is 10.9 Å². The second-order valence-corrected chi connectivity index (χ2v) is 13.2. The van der Waals surface area contributed by atoms with Crippen LogP contribution in [0.2, 0.25) is 0 Å². The maximum absolute atomic E-state index is 7.14. The smallest absolute Gasteiger partial charge is 0.228 e. The van der Waals surface area contributed by atoms with Crippen LogP contribution in [-0.2, 0) is 19.9 Å². The van der Waals surface area contributed by atoms with Gasteiger partial charge < -0.3 is 4.74 Å². The molecule has 1 saturated carbocycles. The average molecular weight is 515 g/mol. The van der Waals surface area contributed by atoms with Crippen LogP contribution in [0.5, 0.6) is 11.5 Å². The van der Waals surface area contributed by atoms with Crippen molar-refractivity contribution in [3.05, 3.63) is 77.0 Å². The van der Waals surface area contributed by atoms with E-state index in [0.29, 0.717) is 5.92 Å². The number of aryl methyl sites for hydroxylation is 3. The molecule has 1 fully saturated rings. The predicted octanol–water partition coefficient (Wildman–Crippen LogP) is 9.86. The summed E-state index contributed by atoms with van der Waals surface area (Å²) >= 11 is 0. The molecule has 2 aliphatic rings. The summed E-state index contributed by atoms with van der Waals surface area (Å²) in [5.74, 6) is 2.73. The summed E-state index contributed by atoms with van der Waals surface area (Å²) in [4.78, 5) is 0. The highest BCUT2D eigenvalue weighted by Crippen LogP contribution is 2.53. The van der Waals surface area contributed by atoms with Crippen molar-refractivity contribution in [2.75, 3.05) is 0 Å². The minimum Gasteiger partial charge on any atom is -0.455 e. The first kappa shape index (κ1) is 24.6. The molecule has 39 heavy (non-hydrogen) atoms. The lowest BCUT2D eigenvalue weighted by atomic mass is 9.81. The zero-order chi connectivity index (χ0) is 27.1. The monoisotopic (exact) mass is 514 g/mol. The van der Waals surface area contributed by atoms with Gasteiger partial charge >= 0.3 is 0 Å². The Kier molecular flexibility index (Phi) is 5.57. The van der Waals surface area contributed by atoms with Crippen LogP contribution in [0.4, 0.5) is 0 Å². The number of pyridine rings is 1. The first-order valence-corrected chi connectivity index (χ1v) is 14.9. The summed E-state index contributed by atoms with van der Waals surface area (Å²) in [6, 6.07) is 18.7. The Morgan fingerprint density at radius 1 is 0.897 bits per heavy atom. The third kappa shape index (κ3) is 3.78. The van der Waals surface area contributed by atoms with Crippen molar-refractivity contribution in [2.45, 2.75) is 79.1 Å². The molecule has 0 bridgehead atoms. The van der Waals surface area contributed by atoms with Crippen molar-refractivity contribution in [3.63, 3.8) is 0 Å². The standard InChI is InChI=1S/C37H40NO/c1-7-23-15-16-27-29(19-23)22(2)33-35-34-28(17-18-38(35)6)26-14-10-13-25(24-11-8-9-12-24)30(26)20-32(34)39-36(33)31(27)21-37(3,4)5/h10,13-20,24H,7-9,11-12,21H2,1-6H3/q+1. The molecule has 2 heteroatoms. The molecule has 2 nitrogen and oxygen atoms in total. The fourth-order valence-electron chi connectivity index (χ4n) is 7.46.